The van der Waals surface area contributed by atoms with Gasteiger partial charge < -0.3 is 10.5 Å². The normalized spacial score (nSPS) is 23.0. The molecule has 1 aromatic rings. The molecule has 1 aromatic carbocycles. The highest BCUT2D eigenvalue weighted by Crippen LogP contribution is 2.23. The highest BCUT2D eigenvalue weighted by Gasteiger charge is 2.24. The van der Waals surface area contributed by atoms with Gasteiger partial charge in [0.25, 0.3) is 0 Å². The van der Waals surface area contributed by atoms with Crippen LogP contribution in [0.4, 0.5) is 0 Å². The summed E-state index contributed by atoms with van der Waals surface area (Å²) in [7, 11) is 0. The zero-order chi connectivity index (χ0) is 15.2. The van der Waals surface area contributed by atoms with Gasteiger partial charge in [0, 0.05) is 36.6 Å². The number of hydrogen-bond donors (Lipinski definition) is 1. The van der Waals surface area contributed by atoms with Gasteiger partial charge in [0.15, 0.2) is 0 Å². The van der Waals surface area contributed by atoms with Crippen LogP contribution in [-0.4, -0.2) is 46.6 Å². The van der Waals surface area contributed by atoms with Crippen molar-refractivity contribution in [3.8, 4) is 5.75 Å². The first kappa shape index (κ1) is 16.6. The molecule has 0 aromatic heterocycles. The van der Waals surface area contributed by atoms with E-state index in [-0.39, 0.29) is 0 Å². The van der Waals surface area contributed by atoms with Gasteiger partial charge in [-0.25, -0.2) is 0 Å². The molecule has 0 saturated carbocycles. The third-order valence-corrected chi connectivity index (χ3v) is 5.45. The smallest absolute Gasteiger partial charge is 0.119 e. The Hall–Kier alpha value is -0.780. The van der Waals surface area contributed by atoms with E-state index >= 15 is 0 Å². The summed E-state index contributed by atoms with van der Waals surface area (Å²) in [6.07, 6.45) is 0.649. The van der Waals surface area contributed by atoms with E-state index in [4.69, 9.17) is 22.7 Å². The number of thioether (sulfide) groups is 1. The Kier molecular flexibility index (Phi) is 6.33. The molecule has 2 rings (SSSR count). The molecule has 1 saturated heterocycles. The van der Waals surface area contributed by atoms with Crippen molar-refractivity contribution < 1.29 is 4.74 Å². The largest absolute Gasteiger partial charge is 0.492 e. The third kappa shape index (κ3) is 5.16. The van der Waals surface area contributed by atoms with Gasteiger partial charge in [-0.05, 0) is 24.6 Å². The van der Waals surface area contributed by atoms with Crippen LogP contribution in [0.25, 0.3) is 0 Å². The lowest BCUT2D eigenvalue weighted by Gasteiger charge is -2.37. The number of rotatable bonds is 6. The van der Waals surface area contributed by atoms with Gasteiger partial charge in [-0.15, -0.1) is 0 Å². The average molecular weight is 325 g/mol. The van der Waals surface area contributed by atoms with Crippen molar-refractivity contribution in [3.05, 3.63) is 29.8 Å². The van der Waals surface area contributed by atoms with Crippen LogP contribution in [0.2, 0.25) is 0 Å². The topological polar surface area (TPSA) is 38.5 Å². The molecular formula is C16H24N2OS2. The number of ether oxygens (including phenoxy) is 1. The summed E-state index contributed by atoms with van der Waals surface area (Å²) in [5.41, 5.74) is 6.67. The molecule has 0 radical (unpaired) electrons. The second-order valence-corrected chi connectivity index (χ2v) is 7.50. The molecular weight excluding hydrogens is 300 g/mol. The van der Waals surface area contributed by atoms with Crippen molar-refractivity contribution in [3.63, 3.8) is 0 Å². The van der Waals surface area contributed by atoms with Gasteiger partial charge in [0.2, 0.25) is 0 Å². The minimum Gasteiger partial charge on any atom is -0.492 e. The van der Waals surface area contributed by atoms with Gasteiger partial charge in [0.05, 0.1) is 4.99 Å². The Morgan fingerprint density at radius 2 is 2.10 bits per heavy atom. The highest BCUT2D eigenvalue weighted by molar-refractivity contribution is 8.00. The van der Waals surface area contributed by atoms with Gasteiger partial charge in [-0.3, -0.25) is 4.90 Å². The van der Waals surface area contributed by atoms with Crippen LogP contribution in [0.5, 0.6) is 5.75 Å². The standard InChI is InChI=1S/C16H24N2OS2/c1-12-13(2)21-10-8-18(12)7-9-19-15-5-3-14(4-6-15)11-16(17)20/h3-6,12-13H,7-11H2,1-2H3,(H2,17,20). The van der Waals surface area contributed by atoms with E-state index in [1.807, 2.05) is 24.3 Å². The summed E-state index contributed by atoms with van der Waals surface area (Å²) >= 11 is 6.98. The van der Waals surface area contributed by atoms with Gasteiger partial charge in [-0.1, -0.05) is 31.3 Å². The molecule has 1 aliphatic heterocycles. The minimum atomic E-state index is 0.523. The summed E-state index contributed by atoms with van der Waals surface area (Å²) in [5, 5.41) is 0.707. The molecule has 0 aliphatic carbocycles. The fourth-order valence-corrected chi connectivity index (χ4v) is 3.83. The maximum Gasteiger partial charge on any atom is 0.119 e. The Morgan fingerprint density at radius 3 is 2.76 bits per heavy atom. The van der Waals surface area contributed by atoms with Crippen LogP contribution in [-0.2, 0) is 6.42 Å². The van der Waals surface area contributed by atoms with Crippen molar-refractivity contribution in [2.24, 2.45) is 5.73 Å². The van der Waals surface area contributed by atoms with E-state index in [0.29, 0.717) is 22.7 Å². The molecule has 2 N–H and O–H groups in total. The summed E-state index contributed by atoms with van der Waals surface area (Å²) in [5.74, 6) is 2.13. The number of nitrogens with two attached hydrogens (primary N) is 1. The summed E-state index contributed by atoms with van der Waals surface area (Å²) < 4.78 is 5.84. The van der Waals surface area contributed by atoms with E-state index in [1.54, 1.807) is 0 Å². The Balaban J connectivity index is 1.76. The second-order valence-electron chi connectivity index (χ2n) is 5.49. The number of hydrogen-bond acceptors (Lipinski definition) is 4. The highest BCUT2D eigenvalue weighted by atomic mass is 32.2. The molecule has 3 nitrogen and oxygen atoms in total. The predicted octanol–water partition coefficient (Wildman–Crippen LogP) is 2.72. The molecule has 1 fully saturated rings. The first-order chi connectivity index (χ1) is 10.1. The maximum atomic E-state index is 5.84. The second kappa shape index (κ2) is 8.01. The zero-order valence-corrected chi connectivity index (χ0v) is 14.4. The number of benzene rings is 1. The molecule has 0 amide bonds. The zero-order valence-electron chi connectivity index (χ0n) is 12.7. The van der Waals surface area contributed by atoms with E-state index in [1.165, 1.54) is 5.75 Å². The average Bonchev–Trinajstić information content (AvgIpc) is 2.45. The quantitative estimate of drug-likeness (QED) is 0.815. The monoisotopic (exact) mass is 324 g/mol. The van der Waals surface area contributed by atoms with Crippen LogP contribution < -0.4 is 10.5 Å². The lowest BCUT2D eigenvalue weighted by Crippen LogP contribution is -2.46. The Labute approximate surface area is 137 Å². The van der Waals surface area contributed by atoms with Crippen molar-refractivity contribution in [1.82, 2.24) is 4.90 Å². The predicted molar refractivity (Wildman–Crippen MR) is 95.4 cm³/mol. The van der Waals surface area contributed by atoms with Crippen molar-refractivity contribution in [2.45, 2.75) is 31.6 Å². The van der Waals surface area contributed by atoms with Crippen molar-refractivity contribution in [2.75, 3.05) is 25.4 Å². The van der Waals surface area contributed by atoms with Crippen LogP contribution in [0.1, 0.15) is 19.4 Å². The van der Waals surface area contributed by atoms with Gasteiger partial charge in [0.1, 0.15) is 12.4 Å². The summed E-state index contributed by atoms with van der Waals surface area (Å²) in [6.45, 7) is 7.49. The lowest BCUT2D eigenvalue weighted by molar-refractivity contribution is 0.170. The van der Waals surface area contributed by atoms with Gasteiger partial charge >= 0.3 is 0 Å². The van der Waals surface area contributed by atoms with E-state index < -0.39 is 0 Å². The molecule has 2 unspecified atom stereocenters. The fourth-order valence-electron chi connectivity index (χ4n) is 2.50. The fraction of sp³-hybridized carbons (Fsp3) is 0.562. The molecule has 0 spiro atoms. The van der Waals surface area contributed by atoms with Crippen molar-refractivity contribution in [1.29, 1.82) is 0 Å². The lowest BCUT2D eigenvalue weighted by atomic mass is 10.1. The number of nitrogens with zero attached hydrogens (tertiary/aromatic N) is 1. The SMILES string of the molecule is CC1SCCN(CCOc2ccc(CC(N)=S)cc2)C1C. The molecule has 0 bridgehead atoms. The van der Waals surface area contributed by atoms with E-state index in [2.05, 4.69) is 30.5 Å². The Morgan fingerprint density at radius 1 is 1.38 bits per heavy atom. The molecule has 1 heterocycles. The molecule has 5 heteroatoms. The van der Waals surface area contributed by atoms with Crippen molar-refractivity contribution >= 4 is 29.0 Å². The van der Waals surface area contributed by atoms with E-state index in [0.717, 1.165) is 31.0 Å². The molecule has 21 heavy (non-hydrogen) atoms. The first-order valence-corrected chi connectivity index (χ1v) is 8.87. The molecule has 1 aliphatic rings. The maximum absolute atomic E-state index is 5.84. The van der Waals surface area contributed by atoms with Crippen LogP contribution in [0.3, 0.4) is 0 Å². The molecule has 2 atom stereocenters. The van der Waals surface area contributed by atoms with E-state index in [9.17, 15) is 0 Å². The minimum absolute atomic E-state index is 0.523. The van der Waals surface area contributed by atoms with Crippen LogP contribution in [0.15, 0.2) is 24.3 Å². The summed E-state index contributed by atoms with van der Waals surface area (Å²) in [4.78, 5) is 3.04. The Bertz CT molecular complexity index is 464. The third-order valence-electron chi connectivity index (χ3n) is 3.96. The van der Waals surface area contributed by atoms with Crippen LogP contribution >= 0.6 is 24.0 Å². The summed E-state index contributed by atoms with van der Waals surface area (Å²) in [6, 6.07) is 8.66. The van der Waals surface area contributed by atoms with Crippen LogP contribution in [0, 0.1) is 0 Å². The van der Waals surface area contributed by atoms with Gasteiger partial charge in [-0.2, -0.15) is 11.8 Å². The molecule has 116 valence electrons. The first-order valence-electron chi connectivity index (χ1n) is 7.42. The number of thiocarbonyl (C=S) groups is 1.